The number of rotatable bonds is 4. The molecular formula is C18H20ClN3O. The van der Waals surface area contributed by atoms with E-state index < -0.39 is 0 Å². The van der Waals surface area contributed by atoms with E-state index in [-0.39, 0.29) is 6.03 Å². The van der Waals surface area contributed by atoms with Gasteiger partial charge in [0.05, 0.1) is 0 Å². The molecule has 23 heavy (non-hydrogen) atoms. The van der Waals surface area contributed by atoms with Gasteiger partial charge >= 0.3 is 6.03 Å². The van der Waals surface area contributed by atoms with Crippen LogP contribution in [-0.2, 0) is 6.54 Å². The maximum atomic E-state index is 12.8. The lowest BCUT2D eigenvalue weighted by molar-refractivity contribution is 0.184. The quantitative estimate of drug-likeness (QED) is 0.882. The van der Waals surface area contributed by atoms with E-state index in [0.717, 1.165) is 24.1 Å². The number of benzene rings is 1. The number of carbonyl (C=O) groups is 1. The number of nitrogens with zero attached hydrogens (tertiary/aromatic N) is 2. The smallest absolute Gasteiger partial charge is 0.317 e. The summed E-state index contributed by atoms with van der Waals surface area (Å²) in [6, 6.07) is 11.3. The fourth-order valence-electron chi connectivity index (χ4n) is 3.00. The van der Waals surface area contributed by atoms with Crippen LogP contribution in [0.3, 0.4) is 0 Å². The molecule has 2 amide bonds. The fraction of sp³-hybridized carbons (Fsp3) is 0.333. The number of anilines is 1. The van der Waals surface area contributed by atoms with Crippen molar-refractivity contribution in [2.45, 2.75) is 38.3 Å². The van der Waals surface area contributed by atoms with Crippen molar-refractivity contribution >= 4 is 23.3 Å². The van der Waals surface area contributed by atoms with E-state index >= 15 is 0 Å². The van der Waals surface area contributed by atoms with E-state index in [9.17, 15) is 4.79 Å². The molecule has 4 nitrogen and oxygen atoms in total. The molecule has 2 aromatic rings. The van der Waals surface area contributed by atoms with Crippen LogP contribution in [0.1, 0.15) is 31.2 Å². The van der Waals surface area contributed by atoms with Gasteiger partial charge in [0.2, 0.25) is 0 Å². The molecule has 0 radical (unpaired) electrons. The van der Waals surface area contributed by atoms with Crippen LogP contribution in [0.25, 0.3) is 0 Å². The van der Waals surface area contributed by atoms with Crippen molar-refractivity contribution in [2.75, 3.05) is 5.32 Å². The van der Waals surface area contributed by atoms with Gasteiger partial charge in [-0.25, -0.2) is 4.79 Å². The summed E-state index contributed by atoms with van der Waals surface area (Å²) in [7, 11) is 0. The molecule has 3 rings (SSSR count). The highest BCUT2D eigenvalue weighted by Gasteiger charge is 2.26. The lowest BCUT2D eigenvalue weighted by Crippen LogP contribution is -2.41. The molecule has 0 atom stereocenters. The van der Waals surface area contributed by atoms with Gasteiger partial charge in [-0.15, -0.1) is 0 Å². The molecule has 1 aromatic heterocycles. The van der Waals surface area contributed by atoms with E-state index in [1.165, 1.54) is 12.8 Å². The first-order valence-electron chi connectivity index (χ1n) is 7.94. The summed E-state index contributed by atoms with van der Waals surface area (Å²) in [5.41, 5.74) is 1.80. The Morgan fingerprint density at radius 3 is 2.61 bits per heavy atom. The van der Waals surface area contributed by atoms with Gasteiger partial charge in [-0.2, -0.15) is 0 Å². The normalized spacial score (nSPS) is 14.7. The van der Waals surface area contributed by atoms with Crippen LogP contribution in [0.5, 0.6) is 0 Å². The van der Waals surface area contributed by atoms with Crippen LogP contribution in [0.2, 0.25) is 5.02 Å². The second-order valence-electron chi connectivity index (χ2n) is 5.86. The van der Waals surface area contributed by atoms with Crippen molar-refractivity contribution in [2.24, 2.45) is 0 Å². The molecule has 0 aliphatic heterocycles. The first kappa shape index (κ1) is 15.8. The van der Waals surface area contributed by atoms with Gasteiger partial charge in [0.1, 0.15) is 0 Å². The molecule has 0 spiro atoms. The van der Waals surface area contributed by atoms with Gasteiger partial charge in [-0.05, 0) is 48.7 Å². The highest BCUT2D eigenvalue weighted by atomic mass is 35.5. The average Bonchev–Trinajstić information content (AvgIpc) is 3.10. The third-order valence-electron chi connectivity index (χ3n) is 4.20. The summed E-state index contributed by atoms with van der Waals surface area (Å²) < 4.78 is 0. The minimum absolute atomic E-state index is 0.0666. The number of carbonyl (C=O) groups excluding carboxylic acids is 1. The second-order valence-corrected chi connectivity index (χ2v) is 6.30. The zero-order valence-corrected chi connectivity index (χ0v) is 13.7. The number of nitrogens with one attached hydrogen (secondary N) is 1. The Morgan fingerprint density at radius 2 is 1.96 bits per heavy atom. The van der Waals surface area contributed by atoms with Crippen molar-refractivity contribution < 1.29 is 4.79 Å². The third kappa shape index (κ3) is 4.23. The van der Waals surface area contributed by atoms with Crippen molar-refractivity contribution in [3.05, 3.63) is 59.4 Å². The first-order chi connectivity index (χ1) is 11.2. The largest absolute Gasteiger partial charge is 0.322 e. The minimum Gasteiger partial charge on any atom is -0.317 e. The van der Waals surface area contributed by atoms with Crippen molar-refractivity contribution in [1.82, 2.24) is 9.88 Å². The summed E-state index contributed by atoms with van der Waals surface area (Å²) in [6.07, 6.45) is 8.06. The Labute approximate surface area is 141 Å². The van der Waals surface area contributed by atoms with Gasteiger partial charge in [-0.3, -0.25) is 4.98 Å². The van der Waals surface area contributed by atoms with Crippen molar-refractivity contribution in [1.29, 1.82) is 0 Å². The maximum absolute atomic E-state index is 12.8. The van der Waals surface area contributed by atoms with Gasteiger partial charge < -0.3 is 10.2 Å². The van der Waals surface area contributed by atoms with Gasteiger partial charge in [0.15, 0.2) is 0 Å². The summed E-state index contributed by atoms with van der Waals surface area (Å²) in [6.45, 7) is 0.581. The summed E-state index contributed by atoms with van der Waals surface area (Å²) >= 11 is 5.89. The Kier molecular flexibility index (Phi) is 5.13. The number of amides is 2. The molecule has 1 aliphatic rings. The molecule has 0 bridgehead atoms. The van der Waals surface area contributed by atoms with Crippen LogP contribution in [-0.4, -0.2) is 22.0 Å². The van der Waals surface area contributed by atoms with Crippen LogP contribution in [0, 0.1) is 0 Å². The monoisotopic (exact) mass is 329 g/mol. The minimum atomic E-state index is -0.0666. The predicted octanol–water partition coefficient (Wildman–Crippen LogP) is 4.71. The second kappa shape index (κ2) is 7.47. The topological polar surface area (TPSA) is 45.2 Å². The molecular weight excluding hydrogens is 310 g/mol. The van der Waals surface area contributed by atoms with E-state index in [4.69, 9.17) is 11.6 Å². The summed E-state index contributed by atoms with van der Waals surface area (Å²) in [5, 5.41) is 3.63. The predicted molar refractivity (Wildman–Crippen MR) is 92.5 cm³/mol. The Morgan fingerprint density at radius 1 is 1.22 bits per heavy atom. The number of hydrogen-bond donors (Lipinski definition) is 1. The van der Waals surface area contributed by atoms with Crippen LogP contribution in [0.4, 0.5) is 10.5 Å². The number of pyridine rings is 1. The first-order valence-corrected chi connectivity index (χ1v) is 8.32. The maximum Gasteiger partial charge on any atom is 0.322 e. The standard InChI is InChI=1S/C18H20ClN3O/c19-15-7-9-16(10-8-15)21-18(23)22(17-5-1-2-6-17)13-14-4-3-11-20-12-14/h3-4,7-12,17H,1-2,5-6,13H2,(H,21,23). The highest BCUT2D eigenvalue weighted by molar-refractivity contribution is 6.30. The molecule has 5 heteroatoms. The molecule has 1 aromatic carbocycles. The molecule has 1 fully saturated rings. The molecule has 1 saturated carbocycles. The number of hydrogen-bond acceptors (Lipinski definition) is 2. The van der Waals surface area contributed by atoms with Crippen LogP contribution in [0.15, 0.2) is 48.8 Å². The van der Waals surface area contributed by atoms with E-state index in [1.807, 2.05) is 35.4 Å². The van der Waals surface area contributed by atoms with E-state index in [2.05, 4.69) is 10.3 Å². The van der Waals surface area contributed by atoms with Gasteiger partial charge in [-0.1, -0.05) is 30.5 Å². The Bertz CT molecular complexity index is 639. The lowest BCUT2D eigenvalue weighted by Gasteiger charge is -2.29. The number of urea groups is 1. The van der Waals surface area contributed by atoms with Crippen molar-refractivity contribution in [3.63, 3.8) is 0 Å². The SMILES string of the molecule is O=C(Nc1ccc(Cl)cc1)N(Cc1cccnc1)C1CCCC1. The molecule has 120 valence electrons. The van der Waals surface area contributed by atoms with Crippen molar-refractivity contribution in [3.8, 4) is 0 Å². The fourth-order valence-corrected chi connectivity index (χ4v) is 3.13. The van der Waals surface area contributed by atoms with Crippen LogP contribution < -0.4 is 5.32 Å². The molecule has 1 heterocycles. The van der Waals surface area contributed by atoms with E-state index in [1.54, 1.807) is 18.3 Å². The summed E-state index contributed by atoms with van der Waals surface area (Å²) in [4.78, 5) is 18.8. The molecule has 0 unspecified atom stereocenters. The third-order valence-corrected chi connectivity index (χ3v) is 4.45. The zero-order chi connectivity index (χ0) is 16.1. The Hall–Kier alpha value is -2.07. The molecule has 1 N–H and O–H groups in total. The van der Waals surface area contributed by atoms with Gasteiger partial charge in [0, 0.05) is 35.7 Å². The Balaban J connectivity index is 1.73. The number of aromatic nitrogens is 1. The average molecular weight is 330 g/mol. The number of halogens is 1. The van der Waals surface area contributed by atoms with Crippen LogP contribution >= 0.6 is 11.6 Å². The van der Waals surface area contributed by atoms with Gasteiger partial charge in [0.25, 0.3) is 0 Å². The van der Waals surface area contributed by atoms with E-state index in [0.29, 0.717) is 17.6 Å². The molecule has 0 saturated heterocycles. The lowest BCUT2D eigenvalue weighted by atomic mass is 10.2. The highest BCUT2D eigenvalue weighted by Crippen LogP contribution is 2.26. The molecule has 1 aliphatic carbocycles. The zero-order valence-electron chi connectivity index (χ0n) is 12.9. The summed E-state index contributed by atoms with van der Waals surface area (Å²) in [5.74, 6) is 0.